The number of carbonyl (C=O) groups excluding carboxylic acids is 3. The molecule has 3 heterocycles. The van der Waals surface area contributed by atoms with Gasteiger partial charge in [0.2, 0.25) is 11.8 Å². The number of rotatable bonds is 6. The zero-order valence-electron chi connectivity index (χ0n) is 24.1. The highest BCUT2D eigenvalue weighted by atomic mass is 16.5. The summed E-state index contributed by atoms with van der Waals surface area (Å²) in [6.07, 6.45) is 6.74. The lowest BCUT2D eigenvalue weighted by molar-refractivity contribution is -0.120. The van der Waals surface area contributed by atoms with Gasteiger partial charge in [-0.25, -0.2) is 4.79 Å². The number of aliphatic imine (C=N–C) groups is 1. The molecule has 2 saturated carbocycles. The maximum Gasteiger partial charge on any atom is 0.337 e. The monoisotopic (exact) mass is 570 g/mol. The molecule has 1 saturated heterocycles. The van der Waals surface area contributed by atoms with Gasteiger partial charge in [0.1, 0.15) is 5.92 Å². The highest BCUT2D eigenvalue weighted by molar-refractivity contribution is 6.20. The third kappa shape index (κ3) is 5.02. The predicted octanol–water partition coefficient (Wildman–Crippen LogP) is 4.33. The smallest absolute Gasteiger partial charge is 0.337 e. The van der Waals surface area contributed by atoms with Crippen LogP contribution >= 0.6 is 0 Å². The van der Waals surface area contributed by atoms with Crippen LogP contribution in [0.5, 0.6) is 0 Å². The van der Waals surface area contributed by atoms with Gasteiger partial charge in [-0.15, -0.1) is 0 Å². The summed E-state index contributed by atoms with van der Waals surface area (Å²) in [5.41, 5.74) is 5.76. The second kappa shape index (κ2) is 11.3. The summed E-state index contributed by atoms with van der Waals surface area (Å²) in [7, 11) is 1.36. The molecular weight excluding hydrogens is 532 g/mol. The van der Waals surface area contributed by atoms with E-state index in [9.17, 15) is 14.4 Å². The van der Waals surface area contributed by atoms with E-state index >= 15 is 0 Å². The van der Waals surface area contributed by atoms with Crippen molar-refractivity contribution in [2.45, 2.75) is 44.4 Å². The van der Waals surface area contributed by atoms with Gasteiger partial charge in [0.05, 0.1) is 38.1 Å². The number of nitrogens with one attached hydrogen (secondary N) is 1. The number of ether oxygens (including phenoxy) is 2. The summed E-state index contributed by atoms with van der Waals surface area (Å²) in [6.45, 7) is 4.00. The van der Waals surface area contributed by atoms with Crippen LogP contribution in [0.2, 0.25) is 0 Å². The van der Waals surface area contributed by atoms with Gasteiger partial charge in [-0.1, -0.05) is 25.3 Å². The molecule has 3 unspecified atom stereocenters. The Balaban J connectivity index is 1.19. The molecule has 0 bridgehead atoms. The number of amides is 2. The van der Waals surface area contributed by atoms with Crippen molar-refractivity contribution in [1.82, 2.24) is 4.90 Å². The first-order valence-electron chi connectivity index (χ1n) is 15.3. The molecule has 0 radical (unpaired) electrons. The van der Waals surface area contributed by atoms with Gasteiger partial charge in [0.25, 0.3) is 0 Å². The molecule has 42 heavy (non-hydrogen) atoms. The van der Waals surface area contributed by atoms with Crippen LogP contribution < -0.4 is 10.2 Å². The Kier molecular flexibility index (Phi) is 7.32. The fraction of sp³-hybridized carbons (Fsp3) is 0.515. The van der Waals surface area contributed by atoms with Gasteiger partial charge < -0.3 is 19.7 Å². The van der Waals surface area contributed by atoms with Crippen molar-refractivity contribution < 1.29 is 23.9 Å². The maximum atomic E-state index is 13.5. The molecule has 9 heteroatoms. The highest BCUT2D eigenvalue weighted by Gasteiger charge is 2.45. The van der Waals surface area contributed by atoms with Crippen molar-refractivity contribution in [2.24, 2.45) is 22.7 Å². The molecule has 5 aliphatic rings. The van der Waals surface area contributed by atoms with Crippen molar-refractivity contribution in [1.29, 1.82) is 0 Å². The van der Waals surface area contributed by atoms with Crippen molar-refractivity contribution in [3.8, 4) is 0 Å². The Morgan fingerprint density at radius 2 is 1.83 bits per heavy atom. The molecule has 2 aromatic carbocycles. The molecule has 2 aliphatic carbocycles. The normalized spacial score (nSPS) is 27.0. The molecule has 220 valence electrons. The Morgan fingerprint density at radius 1 is 1.05 bits per heavy atom. The first kappa shape index (κ1) is 27.3. The van der Waals surface area contributed by atoms with E-state index in [4.69, 9.17) is 14.5 Å². The molecule has 0 aromatic heterocycles. The fourth-order valence-electron chi connectivity index (χ4n) is 7.90. The summed E-state index contributed by atoms with van der Waals surface area (Å²) in [5, 5.41) is 3.02. The Bertz CT molecular complexity index is 1440. The van der Waals surface area contributed by atoms with Crippen LogP contribution in [0.3, 0.4) is 0 Å². The Hall–Kier alpha value is -3.56. The molecule has 2 aromatic rings. The van der Waals surface area contributed by atoms with Crippen LogP contribution in [0.25, 0.3) is 0 Å². The molecule has 0 spiro atoms. The second-order valence-corrected chi connectivity index (χ2v) is 12.4. The molecule has 7 rings (SSSR count). The van der Waals surface area contributed by atoms with Crippen molar-refractivity contribution >= 4 is 40.6 Å². The van der Waals surface area contributed by atoms with E-state index < -0.39 is 11.9 Å². The molecule has 3 aliphatic heterocycles. The standard InChI is InChI=1S/C33H38N4O5/c1-41-33(40)23-5-7-26-27(18-23)35-32(39)30(26)31(24-15-20-3-2-4-21(20)16-24)34-25-6-8-28-22(17-25)9-10-37(28)29(38)19-36-11-13-42-14-12-36/h5-8,17-18,20-21,24,30H,2-4,9-16,19H2,1H3,(H,35,39). The lowest BCUT2D eigenvalue weighted by atomic mass is 9.84. The predicted molar refractivity (Wildman–Crippen MR) is 160 cm³/mol. The fourth-order valence-corrected chi connectivity index (χ4v) is 7.90. The van der Waals surface area contributed by atoms with E-state index in [1.807, 2.05) is 23.1 Å². The number of methoxy groups -OCH3 is 1. The lowest BCUT2D eigenvalue weighted by Crippen LogP contribution is -2.44. The van der Waals surface area contributed by atoms with E-state index in [1.54, 1.807) is 12.1 Å². The summed E-state index contributed by atoms with van der Waals surface area (Å²) in [6, 6.07) is 11.4. The minimum Gasteiger partial charge on any atom is -0.465 e. The number of fused-ring (bicyclic) bond motifs is 3. The number of morpholine rings is 1. The third-order valence-electron chi connectivity index (χ3n) is 9.99. The van der Waals surface area contributed by atoms with Gasteiger partial charge in [0, 0.05) is 36.7 Å². The zero-order chi connectivity index (χ0) is 28.8. The number of carbonyl (C=O) groups is 3. The largest absolute Gasteiger partial charge is 0.465 e. The number of hydrogen-bond acceptors (Lipinski definition) is 7. The summed E-state index contributed by atoms with van der Waals surface area (Å²) < 4.78 is 10.3. The number of anilines is 2. The van der Waals surface area contributed by atoms with Crippen molar-refractivity contribution in [3.63, 3.8) is 0 Å². The second-order valence-electron chi connectivity index (χ2n) is 12.4. The van der Waals surface area contributed by atoms with Crippen molar-refractivity contribution in [2.75, 3.05) is 56.7 Å². The van der Waals surface area contributed by atoms with Crippen molar-refractivity contribution in [3.05, 3.63) is 53.1 Å². The van der Waals surface area contributed by atoms with Crippen LogP contribution in [0.15, 0.2) is 41.4 Å². The first-order chi connectivity index (χ1) is 20.5. The summed E-state index contributed by atoms with van der Waals surface area (Å²) in [4.78, 5) is 48.1. The van der Waals surface area contributed by atoms with Gasteiger partial charge in [-0.2, -0.15) is 0 Å². The molecule has 3 fully saturated rings. The van der Waals surface area contributed by atoms with Crippen LogP contribution in [-0.2, 0) is 25.5 Å². The molecule has 9 nitrogen and oxygen atoms in total. The number of nitrogens with zero attached hydrogens (tertiary/aromatic N) is 3. The van der Waals surface area contributed by atoms with Gasteiger partial charge in [0.15, 0.2) is 0 Å². The van der Waals surface area contributed by atoms with Gasteiger partial charge >= 0.3 is 5.97 Å². The van der Waals surface area contributed by atoms with Gasteiger partial charge in [-0.3, -0.25) is 19.5 Å². The lowest BCUT2D eigenvalue weighted by Gasteiger charge is -2.28. The zero-order valence-corrected chi connectivity index (χ0v) is 24.1. The van der Waals surface area contributed by atoms with Crippen LogP contribution in [0.4, 0.5) is 17.1 Å². The van der Waals surface area contributed by atoms with E-state index in [0.29, 0.717) is 49.4 Å². The van der Waals surface area contributed by atoms with Gasteiger partial charge in [-0.05, 0) is 78.5 Å². The van der Waals surface area contributed by atoms with Crippen LogP contribution in [0, 0.1) is 17.8 Å². The van der Waals surface area contributed by atoms with Crippen LogP contribution in [-0.4, -0.2) is 74.9 Å². The number of hydrogen-bond donors (Lipinski definition) is 1. The summed E-state index contributed by atoms with van der Waals surface area (Å²) in [5.74, 6) is 0.759. The third-order valence-corrected chi connectivity index (χ3v) is 9.99. The number of benzene rings is 2. The minimum atomic E-state index is -0.490. The minimum absolute atomic E-state index is 0.0936. The van der Waals surface area contributed by atoms with E-state index in [-0.39, 0.29) is 17.7 Å². The van der Waals surface area contributed by atoms with E-state index in [2.05, 4.69) is 16.3 Å². The Morgan fingerprint density at radius 3 is 2.60 bits per heavy atom. The molecule has 3 atom stereocenters. The molecule has 1 N–H and O–H groups in total. The topological polar surface area (TPSA) is 101 Å². The maximum absolute atomic E-state index is 13.5. The highest BCUT2D eigenvalue weighted by Crippen LogP contribution is 2.50. The summed E-state index contributed by atoms with van der Waals surface area (Å²) >= 11 is 0. The number of esters is 1. The quantitative estimate of drug-likeness (QED) is 0.410. The van der Waals surface area contributed by atoms with E-state index in [0.717, 1.165) is 60.6 Å². The average Bonchev–Trinajstić information content (AvgIpc) is 3.77. The first-order valence-corrected chi connectivity index (χ1v) is 15.3. The SMILES string of the molecule is COC(=O)c1ccc2c(c1)NC(=O)C2C(=Nc1ccc2c(c1)CCN2C(=O)CN1CCOCC1)C1CC2CCCC2C1. The molecule has 2 amide bonds. The average molecular weight is 571 g/mol. The van der Waals surface area contributed by atoms with Crippen LogP contribution in [0.1, 0.15) is 59.5 Å². The van der Waals surface area contributed by atoms with E-state index in [1.165, 1.54) is 26.4 Å². The Labute approximate surface area is 246 Å². The molecular formula is C33H38N4O5.